The lowest BCUT2D eigenvalue weighted by Gasteiger charge is -2.39. The number of nitro groups is 1. The number of rotatable bonds is 4. The van der Waals surface area contributed by atoms with Gasteiger partial charge in [0.25, 0.3) is 5.69 Å². The molecule has 6 nitrogen and oxygen atoms in total. The van der Waals surface area contributed by atoms with Crippen LogP contribution in [0.5, 0.6) is 0 Å². The minimum Gasteiger partial charge on any atom is -0.378 e. The largest absolute Gasteiger partial charge is 0.378 e. The number of ether oxygens (including phenoxy) is 1. The van der Waals surface area contributed by atoms with Gasteiger partial charge in [0.1, 0.15) is 0 Å². The van der Waals surface area contributed by atoms with Gasteiger partial charge in [-0.05, 0) is 35.4 Å². The Balaban J connectivity index is 1.74. The van der Waals surface area contributed by atoms with Crippen LogP contribution in [0.2, 0.25) is 0 Å². The Bertz CT molecular complexity index is 950. The van der Waals surface area contributed by atoms with Crippen LogP contribution >= 0.6 is 0 Å². The first-order valence-corrected chi connectivity index (χ1v) is 9.43. The van der Waals surface area contributed by atoms with Crippen molar-refractivity contribution in [2.75, 3.05) is 37.0 Å². The Hall–Kier alpha value is -2.86. The second-order valence-electron chi connectivity index (χ2n) is 8.10. The fraction of sp³-hybridized carbons (Fsp3) is 0.364. The summed E-state index contributed by atoms with van der Waals surface area (Å²) in [5, 5.41) is 11.3. The number of nitro benzene ring substituents is 1. The molecule has 4 rings (SSSR count). The van der Waals surface area contributed by atoms with Crippen LogP contribution in [-0.2, 0) is 10.2 Å². The normalized spacial score (nSPS) is 22.4. The highest BCUT2D eigenvalue weighted by atomic mass is 16.6. The van der Waals surface area contributed by atoms with E-state index in [9.17, 15) is 10.1 Å². The zero-order valence-corrected chi connectivity index (χ0v) is 16.7. The van der Waals surface area contributed by atoms with E-state index < -0.39 is 11.1 Å². The van der Waals surface area contributed by atoms with Crippen LogP contribution in [0.1, 0.15) is 25.0 Å². The molecule has 2 aromatic rings. The van der Waals surface area contributed by atoms with Crippen molar-refractivity contribution in [2.45, 2.75) is 25.0 Å². The van der Waals surface area contributed by atoms with Gasteiger partial charge in [-0.3, -0.25) is 10.1 Å². The average molecular weight is 379 g/mol. The lowest BCUT2D eigenvalue weighted by Crippen LogP contribution is -2.51. The summed E-state index contributed by atoms with van der Waals surface area (Å²) in [4.78, 5) is 15.2. The summed E-state index contributed by atoms with van der Waals surface area (Å²) >= 11 is 0. The predicted octanol–water partition coefficient (Wildman–Crippen LogP) is 4.20. The molecule has 0 radical (unpaired) electrons. The third-order valence-electron chi connectivity index (χ3n) is 6.00. The van der Waals surface area contributed by atoms with Crippen LogP contribution < -0.4 is 9.80 Å². The van der Waals surface area contributed by atoms with Crippen molar-refractivity contribution >= 4 is 23.1 Å². The highest BCUT2D eigenvalue weighted by molar-refractivity contribution is 5.72. The first kappa shape index (κ1) is 18.5. The molecule has 0 amide bonds. The molecule has 0 saturated carbocycles. The monoisotopic (exact) mass is 379 g/mol. The molecule has 2 aliphatic rings. The van der Waals surface area contributed by atoms with Crippen LogP contribution in [0.25, 0.3) is 6.08 Å². The highest BCUT2D eigenvalue weighted by Crippen LogP contribution is 2.55. The minimum absolute atomic E-state index is 0.117. The molecule has 0 spiro atoms. The summed E-state index contributed by atoms with van der Waals surface area (Å²) in [5.74, 6) is 0. The molecule has 2 aliphatic heterocycles. The molecule has 0 N–H and O–H groups in total. The Labute approximate surface area is 165 Å². The molecule has 2 aromatic carbocycles. The number of benzene rings is 2. The molecule has 146 valence electrons. The van der Waals surface area contributed by atoms with Gasteiger partial charge >= 0.3 is 0 Å². The summed E-state index contributed by atoms with van der Waals surface area (Å²) in [6, 6.07) is 13.5. The predicted molar refractivity (Wildman–Crippen MR) is 112 cm³/mol. The quantitative estimate of drug-likeness (QED) is 0.589. The Morgan fingerprint density at radius 3 is 2.54 bits per heavy atom. The first-order chi connectivity index (χ1) is 13.3. The molecule has 1 atom stereocenters. The molecule has 1 saturated heterocycles. The number of fused-ring (bicyclic) bond motifs is 3. The van der Waals surface area contributed by atoms with Gasteiger partial charge in [0, 0.05) is 49.6 Å². The number of nitrogens with zero attached hydrogens (tertiary/aromatic N) is 3. The Morgan fingerprint density at radius 2 is 1.89 bits per heavy atom. The lowest BCUT2D eigenvalue weighted by molar-refractivity contribution is -0.384. The third-order valence-corrected chi connectivity index (χ3v) is 6.00. The molecule has 0 bridgehead atoms. The number of hydrogen-bond donors (Lipinski definition) is 0. The van der Waals surface area contributed by atoms with Gasteiger partial charge in [-0.1, -0.05) is 32.1 Å². The van der Waals surface area contributed by atoms with Gasteiger partial charge in [-0.2, -0.15) is 0 Å². The van der Waals surface area contributed by atoms with Crippen molar-refractivity contribution in [2.24, 2.45) is 0 Å². The van der Waals surface area contributed by atoms with E-state index in [4.69, 9.17) is 4.74 Å². The molecular weight excluding hydrogens is 354 g/mol. The topological polar surface area (TPSA) is 58.8 Å². The maximum Gasteiger partial charge on any atom is 0.269 e. The van der Waals surface area contributed by atoms with Crippen molar-refractivity contribution in [1.82, 2.24) is 0 Å². The highest BCUT2D eigenvalue weighted by Gasteiger charge is 2.59. The summed E-state index contributed by atoms with van der Waals surface area (Å²) in [5.41, 5.74) is 3.25. The first-order valence-electron chi connectivity index (χ1n) is 9.43. The smallest absolute Gasteiger partial charge is 0.269 e. The zero-order chi connectivity index (χ0) is 20.1. The number of hydrogen-bond acceptors (Lipinski definition) is 5. The molecule has 1 unspecified atom stereocenters. The molecule has 1 fully saturated rings. The van der Waals surface area contributed by atoms with Gasteiger partial charge in [0.05, 0.1) is 11.5 Å². The second-order valence-corrected chi connectivity index (χ2v) is 8.10. The Kier molecular flexibility index (Phi) is 4.19. The van der Waals surface area contributed by atoms with Crippen LogP contribution in [-0.4, -0.2) is 37.9 Å². The summed E-state index contributed by atoms with van der Waals surface area (Å²) in [7, 11) is 4.04. The van der Waals surface area contributed by atoms with Crippen LogP contribution in [0.3, 0.4) is 0 Å². The third kappa shape index (κ3) is 2.59. The van der Waals surface area contributed by atoms with Gasteiger partial charge in [0.2, 0.25) is 0 Å². The van der Waals surface area contributed by atoms with E-state index in [1.54, 1.807) is 12.1 Å². The van der Waals surface area contributed by atoms with Gasteiger partial charge in [0.15, 0.2) is 5.72 Å². The summed E-state index contributed by atoms with van der Waals surface area (Å²) in [6.45, 7) is 5.59. The molecule has 28 heavy (non-hydrogen) atoms. The average Bonchev–Trinajstić information content (AvgIpc) is 3.17. The maximum absolute atomic E-state index is 11.3. The summed E-state index contributed by atoms with van der Waals surface area (Å²) in [6.07, 6.45) is 4.19. The SMILES string of the molecule is CN(C)c1ccc(/C=C/C23OCCN2c2ccc([N+](=O)[O-])cc2C3(C)C)cc1. The van der Waals surface area contributed by atoms with Crippen molar-refractivity contribution < 1.29 is 9.66 Å². The van der Waals surface area contributed by atoms with E-state index >= 15 is 0 Å². The fourth-order valence-corrected chi connectivity index (χ4v) is 4.36. The van der Waals surface area contributed by atoms with E-state index in [-0.39, 0.29) is 10.6 Å². The van der Waals surface area contributed by atoms with Crippen molar-refractivity contribution in [3.8, 4) is 0 Å². The Morgan fingerprint density at radius 1 is 1.18 bits per heavy atom. The lowest BCUT2D eigenvalue weighted by atomic mass is 9.77. The molecular formula is C22H25N3O3. The zero-order valence-electron chi connectivity index (χ0n) is 16.7. The standard InChI is InChI=1S/C22H25N3O3/c1-21(2)19-15-18(25(26)27)9-10-20(19)24-13-14-28-22(21,24)12-11-16-5-7-17(8-6-16)23(3)4/h5-12,15H,13-14H2,1-4H3/b12-11+. The van der Waals surface area contributed by atoms with E-state index in [2.05, 4.69) is 60.1 Å². The van der Waals surface area contributed by atoms with Gasteiger partial charge in [-0.15, -0.1) is 0 Å². The van der Waals surface area contributed by atoms with Gasteiger partial charge < -0.3 is 14.5 Å². The van der Waals surface area contributed by atoms with E-state index in [1.807, 2.05) is 20.2 Å². The van der Waals surface area contributed by atoms with Crippen LogP contribution in [0, 0.1) is 10.1 Å². The van der Waals surface area contributed by atoms with E-state index in [0.717, 1.165) is 29.0 Å². The fourth-order valence-electron chi connectivity index (χ4n) is 4.36. The summed E-state index contributed by atoms with van der Waals surface area (Å²) < 4.78 is 6.31. The van der Waals surface area contributed by atoms with Gasteiger partial charge in [-0.25, -0.2) is 0 Å². The van der Waals surface area contributed by atoms with Crippen molar-refractivity contribution in [3.05, 3.63) is 69.8 Å². The minimum atomic E-state index is -0.648. The maximum atomic E-state index is 11.3. The molecule has 6 heteroatoms. The van der Waals surface area contributed by atoms with Crippen molar-refractivity contribution in [1.29, 1.82) is 0 Å². The van der Waals surface area contributed by atoms with Crippen LogP contribution in [0.4, 0.5) is 17.1 Å². The molecule has 0 aliphatic carbocycles. The number of anilines is 2. The molecule has 2 heterocycles. The van der Waals surface area contributed by atoms with Crippen molar-refractivity contribution in [3.63, 3.8) is 0 Å². The van der Waals surface area contributed by atoms with E-state index in [1.165, 1.54) is 0 Å². The second kappa shape index (κ2) is 6.34. The number of non-ortho nitro benzene ring substituents is 1. The van der Waals surface area contributed by atoms with E-state index in [0.29, 0.717) is 6.61 Å². The molecule has 0 aromatic heterocycles. The van der Waals surface area contributed by atoms with Crippen LogP contribution in [0.15, 0.2) is 48.5 Å².